The van der Waals surface area contributed by atoms with Crippen molar-refractivity contribution in [1.29, 1.82) is 0 Å². The molecule has 0 unspecified atom stereocenters. The topological polar surface area (TPSA) is 17.3 Å². The Morgan fingerprint density at radius 3 is 2.82 bits per heavy atom. The van der Waals surface area contributed by atoms with Crippen LogP contribution in [0, 0.1) is 0 Å². The number of hydrogen-bond donors (Lipinski definition) is 0. The van der Waals surface area contributed by atoms with Crippen LogP contribution in [-0.4, -0.2) is 9.38 Å². The van der Waals surface area contributed by atoms with E-state index in [1.807, 2.05) is 53.1 Å². The van der Waals surface area contributed by atoms with E-state index >= 15 is 0 Å². The van der Waals surface area contributed by atoms with Gasteiger partial charge in [-0.05, 0) is 40.2 Å². The van der Waals surface area contributed by atoms with E-state index in [9.17, 15) is 0 Å². The first-order valence-corrected chi connectivity index (χ1v) is 6.31. The second-order valence-corrected chi connectivity index (χ2v) is 4.88. The van der Waals surface area contributed by atoms with Gasteiger partial charge in [0.25, 0.3) is 0 Å². The van der Waals surface area contributed by atoms with E-state index < -0.39 is 0 Å². The summed E-state index contributed by atoms with van der Waals surface area (Å²) < 4.78 is 2.88. The van der Waals surface area contributed by atoms with Crippen LogP contribution in [0.3, 0.4) is 0 Å². The van der Waals surface area contributed by atoms with Gasteiger partial charge >= 0.3 is 0 Å². The second kappa shape index (κ2) is 4.17. The van der Waals surface area contributed by atoms with Gasteiger partial charge in [0.15, 0.2) is 0 Å². The van der Waals surface area contributed by atoms with Crippen LogP contribution in [0.5, 0.6) is 0 Å². The average Bonchev–Trinajstić information content (AvgIpc) is 2.68. The van der Waals surface area contributed by atoms with Crippen LogP contribution >= 0.6 is 27.5 Å². The fourth-order valence-electron chi connectivity index (χ4n) is 1.83. The van der Waals surface area contributed by atoms with E-state index in [0.29, 0.717) is 5.02 Å². The quantitative estimate of drug-likeness (QED) is 0.650. The largest absolute Gasteiger partial charge is 0.299 e. The van der Waals surface area contributed by atoms with Crippen molar-refractivity contribution in [2.75, 3.05) is 0 Å². The summed E-state index contributed by atoms with van der Waals surface area (Å²) in [6.07, 6.45) is 1.99. The molecule has 0 atom stereocenters. The van der Waals surface area contributed by atoms with E-state index in [1.165, 1.54) is 0 Å². The molecule has 0 N–H and O–H groups in total. The van der Waals surface area contributed by atoms with Crippen molar-refractivity contribution in [3.63, 3.8) is 0 Å². The van der Waals surface area contributed by atoms with Crippen molar-refractivity contribution in [2.45, 2.75) is 0 Å². The lowest BCUT2D eigenvalue weighted by atomic mass is 10.2. The standard InChI is InChI=1S/C13H8BrClN2/c14-12-11-6-1-2-7-17(11)13(16-12)9-4-3-5-10(15)8-9/h1-8H. The molecule has 0 fully saturated rings. The summed E-state index contributed by atoms with van der Waals surface area (Å²) in [6, 6.07) is 13.7. The predicted octanol–water partition coefficient (Wildman–Crippen LogP) is 4.42. The van der Waals surface area contributed by atoms with Crippen molar-refractivity contribution in [2.24, 2.45) is 0 Å². The van der Waals surface area contributed by atoms with Gasteiger partial charge in [-0.2, -0.15) is 0 Å². The van der Waals surface area contributed by atoms with Crippen LogP contribution in [-0.2, 0) is 0 Å². The molecule has 0 radical (unpaired) electrons. The van der Waals surface area contributed by atoms with Crippen LogP contribution < -0.4 is 0 Å². The lowest BCUT2D eigenvalue weighted by molar-refractivity contribution is 1.16. The Balaban J connectivity index is 2.31. The molecule has 2 nitrogen and oxygen atoms in total. The number of aromatic nitrogens is 2. The van der Waals surface area contributed by atoms with E-state index in [-0.39, 0.29) is 0 Å². The molecule has 0 spiro atoms. The zero-order chi connectivity index (χ0) is 11.8. The highest BCUT2D eigenvalue weighted by Gasteiger charge is 2.10. The first kappa shape index (κ1) is 10.8. The predicted molar refractivity (Wildman–Crippen MR) is 73.3 cm³/mol. The van der Waals surface area contributed by atoms with E-state index in [4.69, 9.17) is 11.6 Å². The highest BCUT2D eigenvalue weighted by molar-refractivity contribution is 9.10. The summed E-state index contributed by atoms with van der Waals surface area (Å²) in [7, 11) is 0. The number of fused-ring (bicyclic) bond motifs is 1. The van der Waals surface area contributed by atoms with Gasteiger partial charge in [-0.15, -0.1) is 0 Å². The molecule has 2 heterocycles. The van der Waals surface area contributed by atoms with Crippen LogP contribution in [0.25, 0.3) is 16.9 Å². The highest BCUT2D eigenvalue weighted by Crippen LogP contribution is 2.27. The van der Waals surface area contributed by atoms with Gasteiger partial charge in [0.2, 0.25) is 0 Å². The van der Waals surface area contributed by atoms with Crippen molar-refractivity contribution in [3.8, 4) is 11.4 Å². The maximum absolute atomic E-state index is 6.00. The Kier molecular flexibility index (Phi) is 2.65. The number of pyridine rings is 1. The van der Waals surface area contributed by atoms with Crippen molar-refractivity contribution >= 4 is 33.0 Å². The van der Waals surface area contributed by atoms with Gasteiger partial charge in [-0.3, -0.25) is 4.40 Å². The van der Waals surface area contributed by atoms with Gasteiger partial charge in [0.05, 0.1) is 5.52 Å². The molecule has 0 aliphatic rings. The zero-order valence-corrected chi connectivity index (χ0v) is 11.1. The number of nitrogens with zero attached hydrogens (tertiary/aromatic N) is 2. The van der Waals surface area contributed by atoms with Crippen molar-refractivity contribution in [1.82, 2.24) is 9.38 Å². The van der Waals surface area contributed by atoms with Crippen LogP contribution in [0.4, 0.5) is 0 Å². The van der Waals surface area contributed by atoms with E-state index in [0.717, 1.165) is 21.5 Å². The van der Waals surface area contributed by atoms with Gasteiger partial charge in [-0.1, -0.05) is 29.8 Å². The van der Waals surface area contributed by atoms with Crippen molar-refractivity contribution in [3.05, 3.63) is 58.3 Å². The van der Waals surface area contributed by atoms with Gasteiger partial charge < -0.3 is 0 Å². The van der Waals surface area contributed by atoms with Crippen molar-refractivity contribution < 1.29 is 0 Å². The summed E-state index contributed by atoms with van der Waals surface area (Å²) in [5.74, 6) is 0.884. The molecule has 17 heavy (non-hydrogen) atoms. The Morgan fingerprint density at radius 2 is 2.00 bits per heavy atom. The zero-order valence-electron chi connectivity index (χ0n) is 8.77. The molecule has 1 aromatic carbocycles. The van der Waals surface area contributed by atoms with Gasteiger partial charge in [0, 0.05) is 16.8 Å². The molecule has 2 aromatic heterocycles. The SMILES string of the molecule is Clc1cccc(-c2nc(Br)c3ccccn23)c1. The Morgan fingerprint density at radius 1 is 1.12 bits per heavy atom. The molecule has 0 amide bonds. The number of imidazole rings is 1. The second-order valence-electron chi connectivity index (χ2n) is 3.69. The molecule has 4 heteroatoms. The van der Waals surface area contributed by atoms with Gasteiger partial charge in [0.1, 0.15) is 10.4 Å². The first-order chi connectivity index (χ1) is 8.25. The smallest absolute Gasteiger partial charge is 0.145 e. The molecule has 0 aliphatic carbocycles. The Bertz CT molecular complexity index is 691. The minimum atomic E-state index is 0.714. The van der Waals surface area contributed by atoms with Crippen LogP contribution in [0.2, 0.25) is 5.02 Å². The highest BCUT2D eigenvalue weighted by atomic mass is 79.9. The molecule has 3 rings (SSSR count). The third-order valence-electron chi connectivity index (χ3n) is 2.59. The third-order valence-corrected chi connectivity index (χ3v) is 3.40. The van der Waals surface area contributed by atoms with E-state index in [1.54, 1.807) is 0 Å². The normalized spacial score (nSPS) is 10.9. The summed E-state index contributed by atoms with van der Waals surface area (Å²) in [6.45, 7) is 0. The molecular weight excluding hydrogens is 300 g/mol. The molecule has 0 saturated carbocycles. The summed E-state index contributed by atoms with van der Waals surface area (Å²) in [4.78, 5) is 4.52. The summed E-state index contributed by atoms with van der Waals surface area (Å²) in [5, 5.41) is 0.714. The molecule has 0 aliphatic heterocycles. The van der Waals surface area contributed by atoms with Crippen LogP contribution in [0.1, 0.15) is 0 Å². The fraction of sp³-hybridized carbons (Fsp3) is 0. The minimum Gasteiger partial charge on any atom is -0.299 e. The maximum atomic E-state index is 6.00. The summed E-state index contributed by atoms with van der Waals surface area (Å²) >= 11 is 9.47. The van der Waals surface area contributed by atoms with E-state index in [2.05, 4.69) is 20.9 Å². The maximum Gasteiger partial charge on any atom is 0.145 e. The number of halogens is 2. The molecule has 84 valence electrons. The average molecular weight is 308 g/mol. The molecule has 0 bridgehead atoms. The Labute approximate surface area is 112 Å². The number of rotatable bonds is 1. The Hall–Kier alpha value is -1.32. The molecule has 0 saturated heterocycles. The third kappa shape index (κ3) is 1.85. The van der Waals surface area contributed by atoms with Crippen LogP contribution in [0.15, 0.2) is 53.3 Å². The minimum absolute atomic E-state index is 0.714. The lowest BCUT2D eigenvalue weighted by Gasteiger charge is -2.01. The fourth-order valence-corrected chi connectivity index (χ4v) is 2.51. The summed E-state index contributed by atoms with van der Waals surface area (Å²) in [5.41, 5.74) is 2.05. The van der Waals surface area contributed by atoms with Gasteiger partial charge in [-0.25, -0.2) is 4.98 Å². The first-order valence-electron chi connectivity index (χ1n) is 5.14. The number of benzene rings is 1. The molecular formula is C13H8BrClN2. The molecule has 3 aromatic rings. The monoisotopic (exact) mass is 306 g/mol. The number of hydrogen-bond acceptors (Lipinski definition) is 1. The lowest BCUT2D eigenvalue weighted by Crippen LogP contribution is -1.87.